The van der Waals surface area contributed by atoms with E-state index in [0.29, 0.717) is 29.9 Å². The van der Waals surface area contributed by atoms with Gasteiger partial charge in [-0.05, 0) is 54.1 Å². The zero-order chi connectivity index (χ0) is 31.9. The molecular formula is C34H32F2N2O6S. The maximum Gasteiger partial charge on any atom is 0.252 e. The molecule has 1 heterocycles. The molecule has 0 saturated carbocycles. The molecule has 234 valence electrons. The van der Waals surface area contributed by atoms with Gasteiger partial charge in [0.05, 0.1) is 17.3 Å². The first-order valence-electron chi connectivity index (χ1n) is 14.4. The van der Waals surface area contributed by atoms with Gasteiger partial charge < -0.3 is 19.9 Å². The molecule has 8 nitrogen and oxygen atoms in total. The number of halogens is 2. The molecule has 0 unspecified atom stereocenters. The number of hydrogen-bond donors (Lipinski definition) is 2. The van der Waals surface area contributed by atoms with Gasteiger partial charge in [0.25, 0.3) is 5.91 Å². The molecule has 2 atom stereocenters. The van der Waals surface area contributed by atoms with Crippen molar-refractivity contribution in [3.8, 4) is 5.75 Å². The van der Waals surface area contributed by atoms with Crippen LogP contribution in [0.25, 0.3) is 0 Å². The molecule has 0 radical (unpaired) electrons. The van der Waals surface area contributed by atoms with E-state index in [1.54, 1.807) is 72.8 Å². The summed E-state index contributed by atoms with van der Waals surface area (Å²) in [6.07, 6.45) is -0.886. The fourth-order valence-corrected chi connectivity index (χ4v) is 6.44. The summed E-state index contributed by atoms with van der Waals surface area (Å²) in [6, 6.07) is 26.8. The van der Waals surface area contributed by atoms with Gasteiger partial charge in [-0.3, -0.25) is 4.79 Å². The standard InChI is InChI=1S/C34H32F2N2O6S/c35-29-13-7-14-30(36)28(29)23-37-33(40)34(19-22-45(41,42)27-11-5-2-6-12-27)31(24-9-3-1-4-10-24)44-32(38-34)25-15-17-26(18-16-25)43-21-8-20-39/h1-7,9-18,31,39H,8,19-23H2,(H,37,40)/t31-,34-/m1/s1. The molecule has 11 heteroatoms. The van der Waals surface area contributed by atoms with Crippen molar-refractivity contribution >= 4 is 21.6 Å². The number of sulfone groups is 1. The number of aliphatic hydroxyl groups excluding tert-OH is 1. The van der Waals surface area contributed by atoms with Crippen LogP contribution in [-0.2, 0) is 25.9 Å². The Hall–Kier alpha value is -4.61. The number of ether oxygens (including phenoxy) is 2. The van der Waals surface area contributed by atoms with Crippen LogP contribution in [0.1, 0.15) is 35.6 Å². The predicted molar refractivity (Wildman–Crippen MR) is 164 cm³/mol. The van der Waals surface area contributed by atoms with Crippen LogP contribution in [-0.4, -0.2) is 49.8 Å². The van der Waals surface area contributed by atoms with Gasteiger partial charge in [-0.1, -0.05) is 54.6 Å². The Morgan fingerprint density at radius 2 is 1.56 bits per heavy atom. The molecule has 0 fully saturated rings. The maximum absolute atomic E-state index is 14.5. The lowest BCUT2D eigenvalue weighted by atomic mass is 9.85. The summed E-state index contributed by atoms with van der Waals surface area (Å²) in [7, 11) is -3.86. The monoisotopic (exact) mass is 634 g/mol. The molecule has 1 aliphatic heterocycles. The molecule has 2 N–H and O–H groups in total. The Morgan fingerprint density at radius 3 is 2.20 bits per heavy atom. The van der Waals surface area contributed by atoms with Gasteiger partial charge in [0.15, 0.2) is 21.5 Å². The molecule has 5 rings (SSSR count). The molecule has 0 bridgehead atoms. The highest BCUT2D eigenvalue weighted by Crippen LogP contribution is 2.43. The number of aliphatic imine (C=N–C) groups is 1. The molecular weight excluding hydrogens is 602 g/mol. The second kappa shape index (κ2) is 14.0. The zero-order valence-electron chi connectivity index (χ0n) is 24.2. The van der Waals surface area contributed by atoms with E-state index in [2.05, 4.69) is 5.32 Å². The normalized spacial score (nSPS) is 17.8. The first kappa shape index (κ1) is 31.8. The minimum Gasteiger partial charge on any atom is -0.494 e. The summed E-state index contributed by atoms with van der Waals surface area (Å²) in [5.41, 5.74) is -1.10. The average molecular weight is 635 g/mol. The molecule has 1 amide bonds. The lowest BCUT2D eigenvalue weighted by molar-refractivity contribution is -0.129. The number of carbonyl (C=O) groups excluding carboxylic acids is 1. The summed E-state index contributed by atoms with van der Waals surface area (Å²) in [6.45, 7) is -0.167. The number of amides is 1. The van der Waals surface area contributed by atoms with Crippen LogP contribution in [0.3, 0.4) is 0 Å². The molecule has 4 aromatic carbocycles. The number of carbonyl (C=O) groups is 1. The zero-order valence-corrected chi connectivity index (χ0v) is 25.1. The van der Waals surface area contributed by atoms with Gasteiger partial charge in [0.1, 0.15) is 17.4 Å². The summed E-state index contributed by atoms with van der Waals surface area (Å²) in [5, 5.41) is 11.6. The van der Waals surface area contributed by atoms with Crippen LogP contribution >= 0.6 is 0 Å². The van der Waals surface area contributed by atoms with Crippen LogP contribution in [0.4, 0.5) is 8.78 Å². The van der Waals surface area contributed by atoms with Crippen LogP contribution in [0.5, 0.6) is 5.75 Å². The number of nitrogens with one attached hydrogen (secondary N) is 1. The first-order chi connectivity index (χ1) is 21.7. The van der Waals surface area contributed by atoms with Crippen molar-refractivity contribution in [2.75, 3.05) is 19.0 Å². The Balaban J connectivity index is 1.54. The van der Waals surface area contributed by atoms with Crippen LogP contribution in [0, 0.1) is 11.6 Å². The molecule has 45 heavy (non-hydrogen) atoms. The van der Waals surface area contributed by atoms with E-state index >= 15 is 0 Å². The van der Waals surface area contributed by atoms with Crippen molar-refractivity contribution in [2.24, 2.45) is 4.99 Å². The third kappa shape index (κ3) is 7.21. The minimum atomic E-state index is -3.86. The molecule has 0 aromatic heterocycles. The van der Waals surface area contributed by atoms with Gasteiger partial charge in [-0.2, -0.15) is 0 Å². The van der Waals surface area contributed by atoms with E-state index in [0.717, 1.165) is 12.1 Å². The van der Waals surface area contributed by atoms with Crippen LogP contribution in [0.15, 0.2) is 113 Å². The van der Waals surface area contributed by atoms with Crippen molar-refractivity contribution < 1.29 is 36.6 Å². The maximum atomic E-state index is 14.5. The number of rotatable bonds is 13. The smallest absolute Gasteiger partial charge is 0.252 e. The highest BCUT2D eigenvalue weighted by atomic mass is 32.2. The summed E-state index contributed by atoms with van der Waals surface area (Å²) in [4.78, 5) is 19.1. The Bertz CT molecular complexity index is 1730. The van der Waals surface area contributed by atoms with Crippen LogP contribution in [0.2, 0.25) is 0 Å². The first-order valence-corrected chi connectivity index (χ1v) is 16.0. The average Bonchev–Trinajstić information content (AvgIpc) is 3.46. The van der Waals surface area contributed by atoms with Gasteiger partial charge in [-0.25, -0.2) is 22.2 Å². The third-order valence-corrected chi connectivity index (χ3v) is 9.21. The summed E-state index contributed by atoms with van der Waals surface area (Å²) >= 11 is 0. The van der Waals surface area contributed by atoms with Gasteiger partial charge in [-0.15, -0.1) is 0 Å². The van der Waals surface area contributed by atoms with Crippen molar-refractivity contribution in [3.63, 3.8) is 0 Å². The second-order valence-corrected chi connectivity index (χ2v) is 12.6. The van der Waals surface area contributed by atoms with Gasteiger partial charge >= 0.3 is 0 Å². The molecule has 0 aliphatic carbocycles. The number of benzene rings is 4. The van der Waals surface area contributed by atoms with Gasteiger partial charge in [0, 0.05) is 37.1 Å². The minimum absolute atomic E-state index is 0.00268. The van der Waals surface area contributed by atoms with Crippen LogP contribution < -0.4 is 10.1 Å². The van der Waals surface area contributed by atoms with E-state index in [4.69, 9.17) is 19.6 Å². The lowest BCUT2D eigenvalue weighted by Gasteiger charge is -2.30. The fourth-order valence-electron chi connectivity index (χ4n) is 5.06. The van der Waals surface area contributed by atoms with E-state index in [9.17, 15) is 22.0 Å². The van der Waals surface area contributed by atoms with E-state index in [1.807, 2.05) is 0 Å². The fraction of sp³-hybridized carbons (Fsp3) is 0.235. The highest BCUT2D eigenvalue weighted by Gasteiger charge is 2.53. The predicted octanol–water partition coefficient (Wildman–Crippen LogP) is 5.16. The Labute approximate surface area is 260 Å². The van der Waals surface area contributed by atoms with E-state index in [-0.39, 0.29) is 29.4 Å². The van der Waals surface area contributed by atoms with Gasteiger partial charge in [0.2, 0.25) is 5.90 Å². The SMILES string of the molecule is O=C(NCc1c(F)cccc1F)[C@]1(CCS(=O)(=O)c2ccccc2)N=C(c2ccc(OCCCO)cc2)O[C@@H]1c1ccccc1. The molecule has 0 spiro atoms. The molecule has 0 saturated heterocycles. The quantitative estimate of drug-likeness (QED) is 0.197. The molecule has 4 aromatic rings. The van der Waals surface area contributed by atoms with E-state index < -0.39 is 51.3 Å². The lowest BCUT2D eigenvalue weighted by Crippen LogP contribution is -2.49. The van der Waals surface area contributed by atoms with Crippen molar-refractivity contribution in [3.05, 3.63) is 131 Å². The number of nitrogens with zero attached hydrogens (tertiary/aromatic N) is 1. The molecule has 1 aliphatic rings. The Morgan fingerprint density at radius 1 is 0.911 bits per heavy atom. The number of aliphatic hydroxyl groups is 1. The van der Waals surface area contributed by atoms with Crippen molar-refractivity contribution in [1.29, 1.82) is 0 Å². The summed E-state index contributed by atoms with van der Waals surface area (Å²) in [5.74, 6) is -2.22. The number of hydrogen-bond acceptors (Lipinski definition) is 7. The van der Waals surface area contributed by atoms with Crippen molar-refractivity contribution in [1.82, 2.24) is 5.32 Å². The topological polar surface area (TPSA) is 114 Å². The van der Waals surface area contributed by atoms with Crippen molar-refractivity contribution in [2.45, 2.75) is 35.9 Å². The largest absolute Gasteiger partial charge is 0.494 e. The highest BCUT2D eigenvalue weighted by molar-refractivity contribution is 7.91. The van der Waals surface area contributed by atoms with E-state index in [1.165, 1.54) is 18.2 Å². The Kier molecular flexibility index (Phi) is 9.90. The second-order valence-electron chi connectivity index (χ2n) is 10.5. The third-order valence-electron chi connectivity index (χ3n) is 7.47. The summed E-state index contributed by atoms with van der Waals surface area (Å²) < 4.78 is 67.7.